The van der Waals surface area contributed by atoms with Gasteiger partial charge in [0, 0.05) is 38.4 Å². The van der Waals surface area contributed by atoms with Gasteiger partial charge in [0.1, 0.15) is 0 Å². The minimum atomic E-state index is 0.581. The molecule has 56 heavy (non-hydrogen) atoms. The van der Waals surface area contributed by atoms with E-state index in [2.05, 4.69) is 149 Å². The Balaban J connectivity index is 1.07. The molecule has 0 saturated heterocycles. The van der Waals surface area contributed by atoms with Crippen LogP contribution in [-0.4, -0.2) is 24.1 Å². The van der Waals surface area contributed by atoms with Crippen molar-refractivity contribution < 1.29 is 0 Å². The molecular weight excluding hydrogens is 683 g/mol. The SMILES string of the molecule is c1ccc(-c2nc(-c3ccccc3)nc(-n3c4ccccc4c4ccc(-c5cccc(-c6ccc7c(c6)c6ccccc6n7-c6ccccc6)c5)cc43)n2)cc1. The van der Waals surface area contributed by atoms with E-state index >= 15 is 0 Å². The first-order valence-corrected chi connectivity index (χ1v) is 18.9. The van der Waals surface area contributed by atoms with Gasteiger partial charge in [-0.1, -0.05) is 152 Å². The van der Waals surface area contributed by atoms with E-state index < -0.39 is 0 Å². The minimum absolute atomic E-state index is 0.581. The molecule has 8 aromatic carbocycles. The highest BCUT2D eigenvalue weighted by Gasteiger charge is 2.19. The number of para-hydroxylation sites is 3. The highest BCUT2D eigenvalue weighted by atomic mass is 15.2. The van der Waals surface area contributed by atoms with E-state index in [-0.39, 0.29) is 0 Å². The number of hydrogen-bond acceptors (Lipinski definition) is 3. The third kappa shape index (κ3) is 5.29. The van der Waals surface area contributed by atoms with Crippen LogP contribution in [0.2, 0.25) is 0 Å². The van der Waals surface area contributed by atoms with Crippen molar-refractivity contribution in [3.63, 3.8) is 0 Å². The van der Waals surface area contributed by atoms with Crippen LogP contribution in [0.25, 0.3) is 100 Å². The molecule has 3 aromatic heterocycles. The Morgan fingerprint density at radius 3 is 1.39 bits per heavy atom. The Morgan fingerprint density at radius 2 is 0.732 bits per heavy atom. The molecule has 0 unspecified atom stereocenters. The van der Waals surface area contributed by atoms with Crippen molar-refractivity contribution in [1.29, 1.82) is 0 Å². The molecule has 0 bridgehead atoms. The average Bonchev–Trinajstić information content (AvgIpc) is 3.79. The summed E-state index contributed by atoms with van der Waals surface area (Å²) in [6, 6.07) is 70.5. The quantitative estimate of drug-likeness (QED) is 0.172. The summed E-state index contributed by atoms with van der Waals surface area (Å²) in [6.07, 6.45) is 0. The summed E-state index contributed by atoms with van der Waals surface area (Å²) >= 11 is 0. The molecule has 0 aliphatic carbocycles. The lowest BCUT2D eigenvalue weighted by molar-refractivity contribution is 0.953. The normalized spacial score (nSPS) is 11.6. The van der Waals surface area contributed by atoms with Gasteiger partial charge in [0.15, 0.2) is 11.6 Å². The maximum absolute atomic E-state index is 5.13. The zero-order valence-electron chi connectivity index (χ0n) is 30.3. The van der Waals surface area contributed by atoms with E-state index in [0.717, 1.165) is 49.7 Å². The zero-order chi connectivity index (χ0) is 37.0. The average molecular weight is 716 g/mol. The van der Waals surface area contributed by atoms with E-state index in [0.29, 0.717) is 17.6 Å². The van der Waals surface area contributed by atoms with Gasteiger partial charge < -0.3 is 4.57 Å². The van der Waals surface area contributed by atoms with E-state index in [9.17, 15) is 0 Å². The summed E-state index contributed by atoms with van der Waals surface area (Å²) in [4.78, 5) is 15.2. The molecule has 262 valence electrons. The topological polar surface area (TPSA) is 48.5 Å². The second-order valence-electron chi connectivity index (χ2n) is 14.1. The number of fused-ring (bicyclic) bond motifs is 6. The number of aromatic nitrogens is 5. The first-order valence-electron chi connectivity index (χ1n) is 18.9. The molecule has 5 nitrogen and oxygen atoms in total. The highest BCUT2D eigenvalue weighted by molar-refractivity contribution is 6.11. The molecule has 0 aliphatic heterocycles. The minimum Gasteiger partial charge on any atom is -0.309 e. The van der Waals surface area contributed by atoms with Gasteiger partial charge in [-0.2, -0.15) is 9.97 Å². The lowest BCUT2D eigenvalue weighted by Crippen LogP contribution is -2.06. The molecule has 11 rings (SSSR count). The van der Waals surface area contributed by atoms with Crippen molar-refractivity contribution in [2.45, 2.75) is 0 Å². The number of nitrogens with zero attached hydrogens (tertiary/aromatic N) is 5. The molecule has 0 spiro atoms. The zero-order valence-corrected chi connectivity index (χ0v) is 30.3. The Hall–Kier alpha value is -7.63. The Kier molecular flexibility index (Phi) is 7.42. The molecule has 0 radical (unpaired) electrons. The number of hydrogen-bond donors (Lipinski definition) is 0. The molecule has 0 saturated carbocycles. The molecule has 0 fully saturated rings. The van der Waals surface area contributed by atoms with Crippen LogP contribution in [-0.2, 0) is 0 Å². The third-order valence-corrected chi connectivity index (χ3v) is 10.8. The molecule has 0 N–H and O–H groups in total. The lowest BCUT2D eigenvalue weighted by Gasteiger charge is -2.12. The maximum Gasteiger partial charge on any atom is 0.238 e. The summed E-state index contributed by atoms with van der Waals surface area (Å²) in [5.74, 6) is 1.85. The van der Waals surface area contributed by atoms with Crippen LogP contribution in [0.4, 0.5) is 0 Å². The Bertz CT molecular complexity index is 3180. The molecule has 0 atom stereocenters. The van der Waals surface area contributed by atoms with Crippen LogP contribution in [0.5, 0.6) is 0 Å². The summed E-state index contributed by atoms with van der Waals surface area (Å²) in [5.41, 5.74) is 12.1. The van der Waals surface area contributed by atoms with Crippen LogP contribution in [0, 0.1) is 0 Å². The molecule has 11 aromatic rings. The van der Waals surface area contributed by atoms with Gasteiger partial charge in [-0.3, -0.25) is 4.57 Å². The van der Waals surface area contributed by atoms with Crippen LogP contribution in [0.15, 0.2) is 200 Å². The number of benzene rings is 8. The fourth-order valence-corrected chi connectivity index (χ4v) is 8.15. The van der Waals surface area contributed by atoms with E-state index in [1.165, 1.54) is 32.9 Å². The Labute approximate surface area is 323 Å². The summed E-state index contributed by atoms with van der Waals surface area (Å²) < 4.78 is 4.55. The van der Waals surface area contributed by atoms with Crippen molar-refractivity contribution in [1.82, 2.24) is 24.1 Å². The predicted molar refractivity (Wildman–Crippen MR) is 230 cm³/mol. The lowest BCUT2D eigenvalue weighted by atomic mass is 9.97. The second kappa shape index (κ2) is 13.0. The van der Waals surface area contributed by atoms with E-state index in [4.69, 9.17) is 15.0 Å². The summed E-state index contributed by atoms with van der Waals surface area (Å²) in [6.45, 7) is 0. The smallest absolute Gasteiger partial charge is 0.238 e. The first kappa shape index (κ1) is 31.9. The van der Waals surface area contributed by atoms with Crippen molar-refractivity contribution in [2.24, 2.45) is 0 Å². The van der Waals surface area contributed by atoms with Crippen molar-refractivity contribution >= 4 is 43.6 Å². The molecular formula is C51H33N5. The van der Waals surface area contributed by atoms with Crippen molar-refractivity contribution in [3.8, 4) is 56.7 Å². The van der Waals surface area contributed by atoms with Crippen molar-refractivity contribution in [2.75, 3.05) is 0 Å². The van der Waals surface area contributed by atoms with Crippen LogP contribution < -0.4 is 0 Å². The summed E-state index contributed by atoms with van der Waals surface area (Å²) in [7, 11) is 0. The fraction of sp³-hybridized carbons (Fsp3) is 0. The predicted octanol–water partition coefficient (Wildman–Crippen LogP) is 12.7. The van der Waals surface area contributed by atoms with E-state index in [1.807, 2.05) is 60.7 Å². The van der Waals surface area contributed by atoms with Gasteiger partial charge in [0.2, 0.25) is 5.95 Å². The second-order valence-corrected chi connectivity index (χ2v) is 14.1. The third-order valence-electron chi connectivity index (χ3n) is 10.8. The van der Waals surface area contributed by atoms with Crippen LogP contribution in [0.3, 0.4) is 0 Å². The molecule has 3 heterocycles. The van der Waals surface area contributed by atoms with E-state index in [1.54, 1.807) is 0 Å². The van der Waals surface area contributed by atoms with Crippen LogP contribution in [0.1, 0.15) is 0 Å². The number of rotatable bonds is 6. The fourth-order valence-electron chi connectivity index (χ4n) is 8.15. The van der Waals surface area contributed by atoms with Gasteiger partial charge in [-0.15, -0.1) is 0 Å². The van der Waals surface area contributed by atoms with Crippen molar-refractivity contribution in [3.05, 3.63) is 200 Å². The highest BCUT2D eigenvalue weighted by Crippen LogP contribution is 2.38. The van der Waals surface area contributed by atoms with Gasteiger partial charge >= 0.3 is 0 Å². The molecule has 0 amide bonds. The maximum atomic E-state index is 5.13. The van der Waals surface area contributed by atoms with Gasteiger partial charge in [0.25, 0.3) is 0 Å². The molecule has 5 heteroatoms. The first-order chi connectivity index (χ1) is 27.8. The monoisotopic (exact) mass is 715 g/mol. The largest absolute Gasteiger partial charge is 0.309 e. The standard InChI is InChI=1S/C51H33N5/c1-4-15-34(16-5-1)49-52-50(35-17-6-2-7-18-35)54-51(53-49)56-46-26-13-10-23-41(46)43-29-27-39(33-48(43)56)37-20-14-19-36(31-37)38-28-30-47-44(32-38)42-24-11-12-25-45(42)55(47)40-21-8-3-9-22-40/h1-33H. The summed E-state index contributed by atoms with van der Waals surface area (Å²) in [5, 5.41) is 4.77. The Morgan fingerprint density at radius 1 is 0.268 bits per heavy atom. The van der Waals surface area contributed by atoms with Crippen LogP contribution >= 0.6 is 0 Å². The van der Waals surface area contributed by atoms with Gasteiger partial charge in [0.05, 0.1) is 22.1 Å². The van der Waals surface area contributed by atoms with Gasteiger partial charge in [-0.05, 0) is 70.8 Å². The molecule has 0 aliphatic rings. The van der Waals surface area contributed by atoms with Gasteiger partial charge in [-0.25, -0.2) is 4.98 Å².